The Morgan fingerprint density at radius 2 is 1.97 bits per heavy atom. The third-order valence-electron chi connectivity index (χ3n) is 4.61. The first-order valence-corrected chi connectivity index (χ1v) is 10.9. The molecule has 0 aromatic heterocycles. The van der Waals surface area contributed by atoms with Crippen LogP contribution in [0.3, 0.4) is 0 Å². The predicted molar refractivity (Wildman–Crippen MR) is 121 cm³/mol. The van der Waals surface area contributed by atoms with E-state index < -0.39 is 5.60 Å². The third-order valence-corrected chi connectivity index (χ3v) is 5.28. The van der Waals surface area contributed by atoms with Gasteiger partial charge in [0, 0.05) is 10.1 Å². The molecule has 1 aliphatic heterocycles. The maximum Gasteiger partial charge on any atom is 0.410 e. The van der Waals surface area contributed by atoms with E-state index in [-0.39, 0.29) is 18.3 Å². The summed E-state index contributed by atoms with van der Waals surface area (Å²) in [4.78, 5) is 14.3. The SMILES string of the molecule is Cc1ccccc1O[C@@H](c1cccc(I)c1)[C@@H]1CN(C(=O)OC(C)(C)C)CCO1. The van der Waals surface area contributed by atoms with E-state index in [4.69, 9.17) is 14.2 Å². The van der Waals surface area contributed by atoms with E-state index in [2.05, 4.69) is 28.7 Å². The second-order valence-corrected chi connectivity index (χ2v) is 9.44. The molecule has 0 unspecified atom stereocenters. The molecule has 0 spiro atoms. The van der Waals surface area contributed by atoms with Crippen molar-refractivity contribution in [2.24, 2.45) is 0 Å². The van der Waals surface area contributed by atoms with Crippen LogP contribution in [0, 0.1) is 10.5 Å². The number of ether oxygens (including phenoxy) is 3. The van der Waals surface area contributed by atoms with Crippen LogP contribution in [0.2, 0.25) is 0 Å². The number of hydrogen-bond acceptors (Lipinski definition) is 4. The lowest BCUT2D eigenvalue weighted by atomic mass is 10.0. The van der Waals surface area contributed by atoms with E-state index in [9.17, 15) is 4.79 Å². The highest BCUT2D eigenvalue weighted by molar-refractivity contribution is 14.1. The van der Waals surface area contributed by atoms with Crippen molar-refractivity contribution in [1.29, 1.82) is 0 Å². The Balaban J connectivity index is 1.85. The average molecular weight is 509 g/mol. The van der Waals surface area contributed by atoms with Crippen LogP contribution in [-0.4, -0.2) is 42.4 Å². The smallest absolute Gasteiger partial charge is 0.410 e. The van der Waals surface area contributed by atoms with Gasteiger partial charge in [0.05, 0.1) is 13.2 Å². The Morgan fingerprint density at radius 3 is 2.66 bits per heavy atom. The Bertz CT molecular complexity index is 849. The maximum absolute atomic E-state index is 12.6. The van der Waals surface area contributed by atoms with Crippen LogP contribution in [0.1, 0.15) is 38.0 Å². The van der Waals surface area contributed by atoms with Crippen molar-refractivity contribution < 1.29 is 19.0 Å². The highest BCUT2D eigenvalue weighted by Gasteiger charge is 2.35. The van der Waals surface area contributed by atoms with E-state index in [0.717, 1.165) is 20.4 Å². The van der Waals surface area contributed by atoms with Crippen LogP contribution in [0.4, 0.5) is 4.79 Å². The minimum Gasteiger partial charge on any atom is -0.483 e. The summed E-state index contributed by atoms with van der Waals surface area (Å²) < 4.78 is 19.2. The molecule has 1 aliphatic rings. The quantitative estimate of drug-likeness (QED) is 0.522. The Morgan fingerprint density at radius 1 is 1.21 bits per heavy atom. The fourth-order valence-corrected chi connectivity index (χ4v) is 3.79. The van der Waals surface area contributed by atoms with Crippen LogP contribution in [0.25, 0.3) is 0 Å². The van der Waals surface area contributed by atoms with E-state index in [1.54, 1.807) is 4.90 Å². The Labute approximate surface area is 186 Å². The standard InChI is InChI=1S/C23H28INO4/c1-16-8-5-6-11-19(16)28-21(17-9-7-10-18(24)14-17)20-15-25(12-13-27-20)22(26)29-23(2,3)4/h5-11,14,20-21H,12-13,15H2,1-4H3/t20-,21-/m0/s1. The summed E-state index contributed by atoms with van der Waals surface area (Å²) >= 11 is 2.30. The van der Waals surface area contributed by atoms with Gasteiger partial charge in [-0.1, -0.05) is 30.3 Å². The summed E-state index contributed by atoms with van der Waals surface area (Å²) in [7, 11) is 0. The van der Waals surface area contributed by atoms with Crippen molar-refractivity contribution in [3.63, 3.8) is 0 Å². The Kier molecular flexibility index (Phi) is 7.05. The molecular formula is C23H28INO4. The molecule has 29 heavy (non-hydrogen) atoms. The summed E-state index contributed by atoms with van der Waals surface area (Å²) in [5.74, 6) is 0.814. The highest BCUT2D eigenvalue weighted by Crippen LogP contribution is 2.31. The molecule has 3 rings (SSSR count). The van der Waals surface area contributed by atoms with Gasteiger partial charge in [0.25, 0.3) is 0 Å². The molecule has 5 nitrogen and oxygen atoms in total. The summed E-state index contributed by atoms with van der Waals surface area (Å²) in [5, 5.41) is 0. The first-order chi connectivity index (χ1) is 13.7. The zero-order chi connectivity index (χ0) is 21.0. The largest absolute Gasteiger partial charge is 0.483 e. The van der Waals surface area contributed by atoms with Gasteiger partial charge in [0.15, 0.2) is 6.10 Å². The van der Waals surface area contributed by atoms with Gasteiger partial charge in [0.1, 0.15) is 17.5 Å². The van der Waals surface area contributed by atoms with E-state index in [1.807, 2.05) is 70.2 Å². The van der Waals surface area contributed by atoms with Crippen molar-refractivity contribution >= 4 is 28.7 Å². The number of halogens is 1. The molecule has 1 fully saturated rings. The highest BCUT2D eigenvalue weighted by atomic mass is 127. The lowest BCUT2D eigenvalue weighted by Gasteiger charge is -2.37. The molecular weight excluding hydrogens is 481 g/mol. The van der Waals surface area contributed by atoms with Gasteiger partial charge >= 0.3 is 6.09 Å². The number of rotatable bonds is 4. The number of para-hydroxylation sites is 1. The van der Waals surface area contributed by atoms with E-state index >= 15 is 0 Å². The van der Waals surface area contributed by atoms with Crippen molar-refractivity contribution in [2.75, 3.05) is 19.7 Å². The van der Waals surface area contributed by atoms with Crippen molar-refractivity contribution in [2.45, 2.75) is 45.5 Å². The van der Waals surface area contributed by atoms with Gasteiger partial charge in [-0.15, -0.1) is 0 Å². The fraction of sp³-hybridized carbons (Fsp3) is 0.435. The van der Waals surface area contributed by atoms with Crippen LogP contribution in [-0.2, 0) is 9.47 Å². The molecule has 6 heteroatoms. The van der Waals surface area contributed by atoms with E-state index in [1.165, 1.54) is 0 Å². The average Bonchev–Trinajstić information content (AvgIpc) is 2.66. The molecule has 2 aromatic carbocycles. The first-order valence-electron chi connectivity index (χ1n) is 9.80. The number of hydrogen-bond donors (Lipinski definition) is 0. The summed E-state index contributed by atoms with van der Waals surface area (Å²) in [5.41, 5.74) is 1.55. The van der Waals surface area contributed by atoms with Crippen LogP contribution in [0.5, 0.6) is 5.75 Å². The maximum atomic E-state index is 12.6. The number of morpholine rings is 1. The summed E-state index contributed by atoms with van der Waals surface area (Å²) in [6.07, 6.45) is -0.951. The Hall–Kier alpha value is -1.80. The molecule has 2 atom stereocenters. The summed E-state index contributed by atoms with van der Waals surface area (Å²) in [6, 6.07) is 16.1. The number of carbonyl (C=O) groups is 1. The second-order valence-electron chi connectivity index (χ2n) is 8.19. The second kappa shape index (κ2) is 9.34. The van der Waals surface area contributed by atoms with Gasteiger partial charge in [-0.05, 0) is 79.6 Å². The number of nitrogens with zero attached hydrogens (tertiary/aromatic N) is 1. The van der Waals surface area contributed by atoms with Gasteiger partial charge < -0.3 is 19.1 Å². The van der Waals surface area contributed by atoms with E-state index in [0.29, 0.717) is 19.7 Å². The van der Waals surface area contributed by atoms with Crippen molar-refractivity contribution in [3.05, 3.63) is 63.2 Å². The molecule has 1 amide bonds. The molecule has 1 saturated heterocycles. The minimum atomic E-state index is -0.530. The normalized spacial score (nSPS) is 18.2. The molecule has 0 N–H and O–H groups in total. The molecule has 1 heterocycles. The monoisotopic (exact) mass is 509 g/mol. The van der Waals surface area contributed by atoms with Crippen molar-refractivity contribution in [3.8, 4) is 5.75 Å². The van der Waals surface area contributed by atoms with Crippen molar-refractivity contribution in [1.82, 2.24) is 4.90 Å². The number of aryl methyl sites for hydroxylation is 1. The lowest BCUT2D eigenvalue weighted by Crippen LogP contribution is -2.50. The molecule has 0 aliphatic carbocycles. The zero-order valence-corrected chi connectivity index (χ0v) is 19.5. The fourth-order valence-electron chi connectivity index (χ4n) is 3.22. The predicted octanol–water partition coefficient (Wildman–Crippen LogP) is 5.36. The third kappa shape index (κ3) is 6.09. The number of amides is 1. The number of benzene rings is 2. The molecule has 0 radical (unpaired) electrons. The molecule has 156 valence electrons. The van der Waals surface area contributed by atoms with Gasteiger partial charge in [0.2, 0.25) is 0 Å². The van der Waals surface area contributed by atoms with Crippen LogP contribution in [0.15, 0.2) is 48.5 Å². The summed E-state index contributed by atoms with van der Waals surface area (Å²) in [6.45, 7) is 9.01. The topological polar surface area (TPSA) is 48.0 Å². The zero-order valence-electron chi connectivity index (χ0n) is 17.4. The van der Waals surface area contributed by atoms with Gasteiger partial charge in [-0.2, -0.15) is 0 Å². The van der Waals surface area contributed by atoms with Gasteiger partial charge in [-0.25, -0.2) is 4.79 Å². The molecule has 0 saturated carbocycles. The van der Waals surface area contributed by atoms with Crippen LogP contribution >= 0.6 is 22.6 Å². The molecule has 2 aromatic rings. The molecule has 0 bridgehead atoms. The first kappa shape index (κ1) is 21.9. The van der Waals surface area contributed by atoms with Crippen LogP contribution < -0.4 is 4.74 Å². The van der Waals surface area contributed by atoms with Gasteiger partial charge in [-0.3, -0.25) is 0 Å². The lowest BCUT2D eigenvalue weighted by molar-refractivity contribution is -0.0838. The number of carbonyl (C=O) groups excluding carboxylic acids is 1. The minimum absolute atomic E-state index is 0.297.